The van der Waals surface area contributed by atoms with Gasteiger partial charge in [0.2, 0.25) is 0 Å². The van der Waals surface area contributed by atoms with Gasteiger partial charge in [0, 0.05) is 16.8 Å². The van der Waals surface area contributed by atoms with Crippen LogP contribution >= 0.6 is 46.7 Å². The molecule has 0 aromatic carbocycles. The second-order valence-electron chi connectivity index (χ2n) is 4.77. The predicted octanol–water partition coefficient (Wildman–Crippen LogP) is 3.32. The van der Waals surface area contributed by atoms with E-state index in [-0.39, 0.29) is 24.0 Å². The van der Waals surface area contributed by atoms with Gasteiger partial charge in [0.1, 0.15) is 5.01 Å². The number of aliphatic imine (C=N–C) groups is 1. The molecule has 0 spiro atoms. The number of hydrogen-bond acceptors (Lipinski definition) is 5. The molecule has 5 nitrogen and oxygen atoms in total. The zero-order chi connectivity index (χ0) is 15.4. The summed E-state index contributed by atoms with van der Waals surface area (Å²) in [5.41, 5.74) is 2.20. The lowest BCUT2D eigenvalue weighted by molar-refractivity contribution is 0.805. The van der Waals surface area contributed by atoms with Gasteiger partial charge in [-0.25, -0.2) is 9.97 Å². The summed E-state index contributed by atoms with van der Waals surface area (Å²) in [7, 11) is 1.78. The Kier molecular flexibility index (Phi) is 7.70. The fraction of sp³-hybridized carbons (Fsp3) is 0.500. The number of guanidine groups is 1. The van der Waals surface area contributed by atoms with Crippen molar-refractivity contribution >= 4 is 52.6 Å². The monoisotopic (exact) mass is 451 g/mol. The van der Waals surface area contributed by atoms with Gasteiger partial charge in [0.05, 0.1) is 29.5 Å². The standard InChI is InChI=1S/C14H21N5S2.HI/c1-8-10(3)20-13(19-8)7-17-14(15-5)16-6-12-9(2)18-11(4)21-12;/h6-7H2,1-5H3,(H2,15,16,17);1H. The van der Waals surface area contributed by atoms with Gasteiger partial charge >= 0.3 is 0 Å². The topological polar surface area (TPSA) is 62.2 Å². The third kappa shape index (κ3) is 5.17. The van der Waals surface area contributed by atoms with Crippen molar-refractivity contribution in [1.29, 1.82) is 0 Å². The number of halogens is 1. The van der Waals surface area contributed by atoms with Crippen molar-refractivity contribution in [3.8, 4) is 0 Å². The first kappa shape index (κ1) is 19.3. The second-order valence-corrected chi connectivity index (χ2v) is 7.35. The highest BCUT2D eigenvalue weighted by Gasteiger charge is 2.07. The van der Waals surface area contributed by atoms with E-state index in [1.165, 1.54) is 9.75 Å². The summed E-state index contributed by atoms with van der Waals surface area (Å²) in [5, 5.41) is 8.79. The molecule has 0 unspecified atom stereocenters. The summed E-state index contributed by atoms with van der Waals surface area (Å²) in [6.07, 6.45) is 0. The molecule has 0 amide bonds. The summed E-state index contributed by atoms with van der Waals surface area (Å²) in [4.78, 5) is 15.7. The van der Waals surface area contributed by atoms with E-state index in [1.54, 1.807) is 29.7 Å². The van der Waals surface area contributed by atoms with Crippen molar-refractivity contribution < 1.29 is 0 Å². The number of aryl methyl sites for hydroxylation is 4. The lowest BCUT2D eigenvalue weighted by atomic mass is 10.4. The largest absolute Gasteiger partial charge is 0.351 e. The van der Waals surface area contributed by atoms with Crippen LogP contribution in [-0.4, -0.2) is 23.0 Å². The molecule has 2 heterocycles. The Labute approximate surface area is 156 Å². The smallest absolute Gasteiger partial charge is 0.191 e. The van der Waals surface area contributed by atoms with Crippen LogP contribution in [0.4, 0.5) is 0 Å². The van der Waals surface area contributed by atoms with Crippen molar-refractivity contribution in [1.82, 2.24) is 20.6 Å². The SMILES string of the molecule is CN=C(NCc1nc(C)c(C)s1)NCc1sc(C)nc1C.I. The van der Waals surface area contributed by atoms with Crippen LogP contribution in [0.1, 0.15) is 31.2 Å². The summed E-state index contributed by atoms with van der Waals surface area (Å²) in [5.74, 6) is 0.783. The molecule has 0 aliphatic rings. The first-order valence-electron chi connectivity index (χ1n) is 6.80. The van der Waals surface area contributed by atoms with Gasteiger partial charge < -0.3 is 10.6 Å². The number of thiazole rings is 2. The molecule has 0 atom stereocenters. The van der Waals surface area contributed by atoms with Crippen molar-refractivity contribution in [2.24, 2.45) is 4.99 Å². The quantitative estimate of drug-likeness (QED) is 0.426. The fourth-order valence-corrected chi connectivity index (χ4v) is 3.65. The molecule has 0 saturated carbocycles. The second kappa shape index (κ2) is 8.78. The normalized spacial score (nSPS) is 11.2. The van der Waals surface area contributed by atoms with E-state index >= 15 is 0 Å². The molecule has 0 aliphatic carbocycles. The zero-order valence-corrected chi connectivity index (χ0v) is 17.4. The van der Waals surface area contributed by atoms with Crippen LogP contribution < -0.4 is 10.6 Å². The molecule has 0 radical (unpaired) electrons. The molecule has 0 bridgehead atoms. The van der Waals surface area contributed by atoms with E-state index in [0.717, 1.165) is 33.9 Å². The van der Waals surface area contributed by atoms with E-state index in [0.29, 0.717) is 6.54 Å². The average Bonchev–Trinajstić information content (AvgIpc) is 2.92. The highest BCUT2D eigenvalue weighted by atomic mass is 127. The van der Waals surface area contributed by atoms with Gasteiger partial charge in [-0.15, -0.1) is 46.7 Å². The van der Waals surface area contributed by atoms with Gasteiger partial charge in [-0.2, -0.15) is 0 Å². The Hall–Kier alpha value is -0.740. The fourth-order valence-electron chi connectivity index (χ4n) is 1.90. The maximum atomic E-state index is 4.52. The van der Waals surface area contributed by atoms with Crippen molar-refractivity contribution in [3.05, 3.63) is 31.2 Å². The Morgan fingerprint density at radius 1 is 1.00 bits per heavy atom. The van der Waals surface area contributed by atoms with Gasteiger partial charge in [-0.1, -0.05) is 0 Å². The number of aromatic nitrogens is 2. The van der Waals surface area contributed by atoms with Gasteiger partial charge in [0.15, 0.2) is 5.96 Å². The van der Waals surface area contributed by atoms with Gasteiger partial charge in [-0.3, -0.25) is 4.99 Å². The summed E-state index contributed by atoms with van der Waals surface area (Å²) >= 11 is 3.44. The van der Waals surface area contributed by atoms with Crippen LogP contribution in [-0.2, 0) is 13.1 Å². The Balaban J connectivity index is 0.00000242. The summed E-state index contributed by atoms with van der Waals surface area (Å²) < 4.78 is 0. The predicted molar refractivity (Wildman–Crippen MR) is 106 cm³/mol. The molecule has 122 valence electrons. The first-order chi connectivity index (χ1) is 9.99. The molecule has 2 rings (SSSR count). The molecule has 2 aromatic heterocycles. The molecular formula is C14H22IN5S2. The first-order valence-corrected chi connectivity index (χ1v) is 8.43. The molecule has 2 aromatic rings. The highest BCUT2D eigenvalue weighted by Crippen LogP contribution is 2.17. The van der Waals surface area contributed by atoms with E-state index < -0.39 is 0 Å². The maximum Gasteiger partial charge on any atom is 0.191 e. The molecule has 8 heteroatoms. The third-order valence-electron chi connectivity index (χ3n) is 3.12. The van der Waals surface area contributed by atoms with Crippen LogP contribution in [0.3, 0.4) is 0 Å². The van der Waals surface area contributed by atoms with E-state index in [2.05, 4.69) is 32.5 Å². The number of nitrogens with zero attached hydrogens (tertiary/aromatic N) is 3. The minimum atomic E-state index is 0. The number of hydrogen-bond donors (Lipinski definition) is 2. The lowest BCUT2D eigenvalue weighted by Gasteiger charge is -2.10. The summed E-state index contributed by atoms with van der Waals surface area (Å²) in [6.45, 7) is 9.64. The van der Waals surface area contributed by atoms with Crippen LogP contribution in [0.25, 0.3) is 0 Å². The van der Waals surface area contributed by atoms with E-state index in [9.17, 15) is 0 Å². The van der Waals surface area contributed by atoms with Crippen LogP contribution in [0.2, 0.25) is 0 Å². The van der Waals surface area contributed by atoms with Crippen molar-refractivity contribution in [3.63, 3.8) is 0 Å². The average molecular weight is 451 g/mol. The maximum absolute atomic E-state index is 4.52. The Morgan fingerprint density at radius 3 is 2.18 bits per heavy atom. The Bertz CT molecular complexity index is 628. The van der Waals surface area contributed by atoms with Gasteiger partial charge in [0.25, 0.3) is 0 Å². The molecule has 22 heavy (non-hydrogen) atoms. The molecule has 2 N–H and O–H groups in total. The van der Waals surface area contributed by atoms with Crippen LogP contribution in [0, 0.1) is 27.7 Å². The molecule has 0 aliphatic heterocycles. The van der Waals surface area contributed by atoms with Crippen molar-refractivity contribution in [2.45, 2.75) is 40.8 Å². The number of nitrogens with one attached hydrogen (secondary N) is 2. The Morgan fingerprint density at radius 2 is 1.68 bits per heavy atom. The molecular weight excluding hydrogens is 429 g/mol. The minimum absolute atomic E-state index is 0. The number of rotatable bonds is 4. The lowest BCUT2D eigenvalue weighted by Crippen LogP contribution is -2.36. The van der Waals surface area contributed by atoms with Gasteiger partial charge in [-0.05, 0) is 27.7 Å². The minimum Gasteiger partial charge on any atom is -0.351 e. The van der Waals surface area contributed by atoms with E-state index in [4.69, 9.17) is 0 Å². The molecule has 0 saturated heterocycles. The van der Waals surface area contributed by atoms with E-state index in [1.807, 2.05) is 20.8 Å². The third-order valence-corrected chi connectivity index (χ3v) is 5.27. The van der Waals surface area contributed by atoms with Crippen LogP contribution in [0.15, 0.2) is 4.99 Å². The summed E-state index contributed by atoms with van der Waals surface area (Å²) in [6, 6.07) is 0. The highest BCUT2D eigenvalue weighted by molar-refractivity contribution is 14.0. The van der Waals surface area contributed by atoms with Crippen molar-refractivity contribution in [2.75, 3.05) is 7.05 Å². The molecule has 0 fully saturated rings. The zero-order valence-electron chi connectivity index (χ0n) is 13.5. The van der Waals surface area contributed by atoms with Crippen LogP contribution in [0.5, 0.6) is 0 Å².